The number of nitrogens with one attached hydrogen (secondary N) is 2. The Hall–Kier alpha value is -3.44. The zero-order chi connectivity index (χ0) is 23.9. The van der Waals surface area contributed by atoms with E-state index in [1.165, 1.54) is 6.07 Å². The fourth-order valence-electron chi connectivity index (χ4n) is 3.21. The molecular formula is C21H14ClF3N2O5S. The summed E-state index contributed by atoms with van der Waals surface area (Å²) >= 11 is 5.89. The van der Waals surface area contributed by atoms with Crippen molar-refractivity contribution in [3.8, 4) is 22.6 Å². The molecule has 0 atom stereocenters. The van der Waals surface area contributed by atoms with Gasteiger partial charge in [-0.15, -0.1) is 0 Å². The van der Waals surface area contributed by atoms with E-state index in [-0.39, 0.29) is 35.6 Å². The summed E-state index contributed by atoms with van der Waals surface area (Å²) in [6.07, 6.45) is 0. The Morgan fingerprint density at radius 3 is 2.52 bits per heavy atom. The first-order chi connectivity index (χ1) is 15.6. The molecule has 7 nitrogen and oxygen atoms in total. The van der Waals surface area contributed by atoms with Crippen LogP contribution in [0.1, 0.15) is 10.4 Å². The maximum absolute atomic E-state index is 14.6. The van der Waals surface area contributed by atoms with Gasteiger partial charge in [0.15, 0.2) is 5.75 Å². The number of rotatable bonds is 0. The van der Waals surface area contributed by atoms with Crippen molar-refractivity contribution < 1.29 is 36.2 Å². The molecule has 4 bridgehead atoms. The van der Waals surface area contributed by atoms with E-state index in [0.29, 0.717) is 6.07 Å². The first-order valence-electron chi connectivity index (χ1n) is 9.32. The van der Waals surface area contributed by atoms with Crippen LogP contribution < -0.4 is 14.8 Å². The first kappa shape index (κ1) is 22.7. The van der Waals surface area contributed by atoms with Gasteiger partial charge in [-0.25, -0.2) is 21.6 Å². The number of anilines is 1. The van der Waals surface area contributed by atoms with Crippen LogP contribution in [-0.4, -0.2) is 32.6 Å². The predicted molar refractivity (Wildman–Crippen MR) is 114 cm³/mol. The van der Waals surface area contributed by atoms with Crippen LogP contribution in [0.15, 0.2) is 47.4 Å². The summed E-state index contributed by atoms with van der Waals surface area (Å²) in [4.78, 5) is 11.6. The molecule has 0 aromatic heterocycles. The summed E-state index contributed by atoms with van der Waals surface area (Å²) in [5.74, 6) is -4.71. The summed E-state index contributed by atoms with van der Waals surface area (Å²) in [6.45, 7) is -0.180. The number of halogens is 4. The molecule has 0 fully saturated rings. The minimum atomic E-state index is -4.71. The molecular weight excluding hydrogens is 485 g/mol. The SMILES string of the molecule is O=C1NCCOc2ccc(F)cc2-c2cc(c(F)cc2F)NS(=O)(=O)c2cc1cc(Cl)c2O. The number of carbonyl (C=O) groups is 1. The lowest BCUT2D eigenvalue weighted by Crippen LogP contribution is -2.28. The summed E-state index contributed by atoms with van der Waals surface area (Å²) in [7, 11) is -4.71. The van der Waals surface area contributed by atoms with Crippen LogP contribution in [0.25, 0.3) is 11.1 Å². The lowest BCUT2D eigenvalue weighted by molar-refractivity contribution is 0.0947. The van der Waals surface area contributed by atoms with Gasteiger partial charge in [0.25, 0.3) is 15.9 Å². The van der Waals surface area contributed by atoms with Crippen LogP contribution in [-0.2, 0) is 10.0 Å². The second-order valence-electron chi connectivity index (χ2n) is 6.97. The number of sulfonamides is 1. The van der Waals surface area contributed by atoms with Gasteiger partial charge in [0.05, 0.1) is 17.3 Å². The first-order valence-corrected chi connectivity index (χ1v) is 11.2. The van der Waals surface area contributed by atoms with E-state index in [2.05, 4.69) is 5.32 Å². The number of phenolic OH excluding ortho intramolecular Hbond substituents is 1. The summed E-state index contributed by atoms with van der Waals surface area (Å²) < 4.78 is 76.3. The Balaban J connectivity index is 1.95. The monoisotopic (exact) mass is 498 g/mol. The molecule has 172 valence electrons. The topological polar surface area (TPSA) is 105 Å². The van der Waals surface area contributed by atoms with E-state index < -0.39 is 54.7 Å². The molecule has 0 aliphatic carbocycles. The fourth-order valence-corrected chi connectivity index (χ4v) is 4.69. The van der Waals surface area contributed by atoms with Crippen molar-refractivity contribution in [2.45, 2.75) is 4.90 Å². The number of carbonyl (C=O) groups excluding carboxylic acids is 1. The Morgan fingerprint density at radius 2 is 1.76 bits per heavy atom. The second kappa shape index (κ2) is 8.49. The lowest BCUT2D eigenvalue weighted by Gasteiger charge is -2.15. The average molecular weight is 499 g/mol. The van der Waals surface area contributed by atoms with Crippen molar-refractivity contribution in [2.24, 2.45) is 0 Å². The van der Waals surface area contributed by atoms with Gasteiger partial charge < -0.3 is 15.2 Å². The number of hydrogen-bond acceptors (Lipinski definition) is 5. The molecule has 4 rings (SSSR count). The quantitative estimate of drug-likeness (QED) is 0.434. The predicted octanol–water partition coefficient (Wildman–Crippen LogP) is 4.05. The fraction of sp³-hybridized carbons (Fsp3) is 0.0952. The van der Waals surface area contributed by atoms with Crippen LogP contribution in [0.3, 0.4) is 0 Å². The van der Waals surface area contributed by atoms with E-state index in [1.54, 1.807) is 0 Å². The van der Waals surface area contributed by atoms with Crippen molar-refractivity contribution >= 4 is 33.2 Å². The van der Waals surface area contributed by atoms with Gasteiger partial charge in [0.2, 0.25) is 0 Å². The van der Waals surface area contributed by atoms with Gasteiger partial charge in [-0.3, -0.25) is 9.52 Å². The average Bonchev–Trinajstić information content (AvgIpc) is 2.75. The Bertz CT molecular complexity index is 1400. The van der Waals surface area contributed by atoms with Crippen molar-refractivity contribution in [1.29, 1.82) is 0 Å². The van der Waals surface area contributed by atoms with Gasteiger partial charge in [0.1, 0.15) is 34.7 Å². The molecule has 1 amide bonds. The number of fused-ring (bicyclic) bond motifs is 6. The highest BCUT2D eigenvalue weighted by Gasteiger charge is 2.26. The third-order valence-electron chi connectivity index (χ3n) is 4.76. The molecule has 0 unspecified atom stereocenters. The van der Waals surface area contributed by atoms with E-state index >= 15 is 0 Å². The number of ether oxygens (including phenoxy) is 1. The summed E-state index contributed by atoms with van der Waals surface area (Å²) in [5, 5.41) is 12.2. The molecule has 1 aliphatic rings. The van der Waals surface area contributed by atoms with Gasteiger partial charge in [0, 0.05) is 22.8 Å². The highest BCUT2D eigenvalue weighted by atomic mass is 35.5. The molecule has 0 radical (unpaired) electrons. The Labute approximate surface area is 190 Å². The lowest BCUT2D eigenvalue weighted by atomic mass is 10.0. The Kier molecular flexibility index (Phi) is 5.85. The van der Waals surface area contributed by atoms with Crippen LogP contribution in [0, 0.1) is 17.5 Å². The van der Waals surface area contributed by atoms with Gasteiger partial charge in [-0.2, -0.15) is 0 Å². The van der Waals surface area contributed by atoms with Crippen LogP contribution in [0.5, 0.6) is 11.5 Å². The highest BCUT2D eigenvalue weighted by Crippen LogP contribution is 2.37. The van der Waals surface area contributed by atoms with Gasteiger partial charge >= 0.3 is 0 Å². The minimum Gasteiger partial charge on any atom is -0.505 e. The number of benzene rings is 3. The maximum atomic E-state index is 14.6. The normalized spacial score (nSPS) is 15.2. The van der Waals surface area contributed by atoms with Crippen molar-refractivity contribution in [3.63, 3.8) is 0 Å². The molecule has 3 aromatic rings. The molecule has 0 spiro atoms. The number of amides is 1. The molecule has 33 heavy (non-hydrogen) atoms. The third-order valence-corrected chi connectivity index (χ3v) is 6.43. The van der Waals surface area contributed by atoms with Crippen molar-refractivity contribution in [2.75, 3.05) is 17.9 Å². The number of phenols is 1. The standard InChI is InChI=1S/C21H14ClF3N2O5S/c22-14-5-10-6-19(20(14)28)33(30,31)27-17-8-12(15(24)9-16(17)25)13-7-11(23)1-2-18(13)32-4-3-26-21(10)29/h1-2,5-9,27-28H,3-4H2,(H,26,29). The Morgan fingerprint density at radius 1 is 1.00 bits per heavy atom. The molecule has 1 aliphatic heterocycles. The largest absolute Gasteiger partial charge is 0.505 e. The highest BCUT2D eigenvalue weighted by molar-refractivity contribution is 7.92. The smallest absolute Gasteiger partial charge is 0.265 e. The molecule has 1 heterocycles. The van der Waals surface area contributed by atoms with Crippen molar-refractivity contribution in [3.05, 3.63) is 70.5 Å². The zero-order valence-corrected chi connectivity index (χ0v) is 18.0. The summed E-state index contributed by atoms with van der Waals surface area (Å²) in [6, 6.07) is 6.38. The van der Waals surface area contributed by atoms with E-state index in [0.717, 1.165) is 30.3 Å². The van der Waals surface area contributed by atoms with E-state index in [1.807, 2.05) is 4.72 Å². The van der Waals surface area contributed by atoms with E-state index in [9.17, 15) is 31.5 Å². The molecule has 12 heteroatoms. The second-order valence-corrected chi connectivity index (χ2v) is 9.03. The van der Waals surface area contributed by atoms with Gasteiger partial charge in [-0.05, 0) is 36.4 Å². The van der Waals surface area contributed by atoms with E-state index in [4.69, 9.17) is 16.3 Å². The molecule has 0 saturated carbocycles. The number of aromatic hydroxyl groups is 1. The number of hydrogen-bond donors (Lipinski definition) is 3. The maximum Gasteiger partial charge on any atom is 0.265 e. The minimum absolute atomic E-state index is 0.0149. The van der Waals surface area contributed by atoms with Crippen molar-refractivity contribution in [1.82, 2.24) is 5.32 Å². The molecule has 0 saturated heterocycles. The van der Waals surface area contributed by atoms with Gasteiger partial charge in [-0.1, -0.05) is 11.6 Å². The van der Waals surface area contributed by atoms with Crippen LogP contribution in [0.4, 0.5) is 18.9 Å². The zero-order valence-electron chi connectivity index (χ0n) is 16.5. The van der Waals surface area contributed by atoms with Crippen LogP contribution in [0.2, 0.25) is 5.02 Å². The summed E-state index contributed by atoms with van der Waals surface area (Å²) in [5.41, 5.74) is -1.35. The third kappa shape index (κ3) is 4.41. The van der Waals surface area contributed by atoms with Crippen LogP contribution >= 0.6 is 11.6 Å². The molecule has 3 aromatic carbocycles. The molecule has 3 N–H and O–H groups in total.